The maximum atomic E-state index is 14.0. The molecule has 1 aliphatic heterocycles. The number of rotatable bonds is 4. The number of ether oxygens (including phenoxy) is 2. The van der Waals surface area contributed by atoms with Crippen LogP contribution in [0.25, 0.3) is 0 Å². The second kappa shape index (κ2) is 9.22. The van der Waals surface area contributed by atoms with Crippen molar-refractivity contribution in [3.8, 4) is 5.75 Å². The van der Waals surface area contributed by atoms with Gasteiger partial charge in [-0.05, 0) is 25.1 Å². The van der Waals surface area contributed by atoms with Crippen molar-refractivity contribution in [3.63, 3.8) is 0 Å². The third-order valence-corrected chi connectivity index (χ3v) is 4.48. The Labute approximate surface area is 168 Å². The lowest BCUT2D eigenvalue weighted by molar-refractivity contribution is 0.0790. The van der Waals surface area contributed by atoms with Gasteiger partial charge in [-0.3, -0.25) is 4.98 Å². The Kier molecular flexibility index (Phi) is 6.48. The molecule has 1 saturated heterocycles. The minimum atomic E-state index is -0.526. The van der Waals surface area contributed by atoms with Gasteiger partial charge in [0.1, 0.15) is 17.7 Å². The van der Waals surface area contributed by atoms with E-state index in [1.165, 1.54) is 25.4 Å². The van der Waals surface area contributed by atoms with Gasteiger partial charge in [0.05, 0.1) is 19.0 Å². The molecule has 2 N–H and O–H groups in total. The second-order valence-electron chi connectivity index (χ2n) is 6.72. The maximum Gasteiger partial charge on any atom is 0.409 e. The van der Waals surface area contributed by atoms with E-state index >= 15 is 0 Å². The van der Waals surface area contributed by atoms with Crippen LogP contribution in [0.3, 0.4) is 0 Å². The molecular weight excluding hydrogens is 379 g/mol. The Hall–Kier alpha value is -3.36. The summed E-state index contributed by atoms with van der Waals surface area (Å²) in [5.41, 5.74) is 1.63. The number of likely N-dealkylation sites (tertiary alicyclic amines) is 1. The van der Waals surface area contributed by atoms with Crippen LogP contribution in [0.4, 0.5) is 25.4 Å². The number of anilines is 2. The number of carbonyl (C=O) groups is 2. The molecule has 0 unspecified atom stereocenters. The van der Waals surface area contributed by atoms with Gasteiger partial charge in [0.25, 0.3) is 0 Å². The third kappa shape index (κ3) is 5.81. The number of nitrogens with one attached hydrogen (secondary N) is 2. The van der Waals surface area contributed by atoms with Crippen molar-refractivity contribution in [3.05, 3.63) is 48.0 Å². The Balaban J connectivity index is 1.57. The molecule has 1 fully saturated rings. The van der Waals surface area contributed by atoms with E-state index in [-0.39, 0.29) is 17.9 Å². The quantitative estimate of drug-likeness (QED) is 0.812. The summed E-state index contributed by atoms with van der Waals surface area (Å²) in [5, 5.41) is 5.22. The number of urea groups is 1. The lowest BCUT2D eigenvalue weighted by atomic mass is 10.1. The molecular formula is C20H23FN4O4. The Morgan fingerprint density at radius 1 is 1.14 bits per heavy atom. The van der Waals surface area contributed by atoms with Gasteiger partial charge in [0, 0.05) is 49.4 Å². The van der Waals surface area contributed by atoms with E-state index in [1.807, 2.05) is 6.92 Å². The summed E-state index contributed by atoms with van der Waals surface area (Å²) < 4.78 is 24.5. The number of pyridine rings is 1. The number of hydrogen-bond donors (Lipinski definition) is 2. The summed E-state index contributed by atoms with van der Waals surface area (Å²) in [7, 11) is 1.34. The van der Waals surface area contributed by atoms with Crippen molar-refractivity contribution in [2.24, 2.45) is 0 Å². The van der Waals surface area contributed by atoms with Gasteiger partial charge in [0.15, 0.2) is 0 Å². The first-order valence-corrected chi connectivity index (χ1v) is 9.24. The van der Waals surface area contributed by atoms with Crippen LogP contribution in [-0.4, -0.2) is 48.3 Å². The highest BCUT2D eigenvalue weighted by molar-refractivity contribution is 5.99. The van der Waals surface area contributed by atoms with Crippen molar-refractivity contribution >= 4 is 23.5 Å². The Morgan fingerprint density at radius 2 is 1.86 bits per heavy atom. The predicted octanol–water partition coefficient (Wildman–Crippen LogP) is 3.78. The molecule has 0 spiro atoms. The van der Waals surface area contributed by atoms with Gasteiger partial charge < -0.3 is 25.0 Å². The SMILES string of the molecule is COC(=O)N1CCC(Oc2cc(F)cc(NC(=O)Nc3ccc(C)nc3)c2)CC1. The lowest BCUT2D eigenvalue weighted by Crippen LogP contribution is -2.41. The molecule has 0 aliphatic carbocycles. The fraction of sp³-hybridized carbons (Fsp3) is 0.350. The summed E-state index contributed by atoms with van der Waals surface area (Å²) in [6, 6.07) is 7.01. The van der Waals surface area contributed by atoms with Gasteiger partial charge in [-0.1, -0.05) is 0 Å². The molecule has 2 aromatic rings. The summed E-state index contributed by atoms with van der Waals surface area (Å²) in [4.78, 5) is 29.4. The average molecular weight is 402 g/mol. The van der Waals surface area contributed by atoms with E-state index in [0.29, 0.717) is 37.4 Å². The van der Waals surface area contributed by atoms with Crippen LogP contribution in [0.1, 0.15) is 18.5 Å². The fourth-order valence-corrected chi connectivity index (χ4v) is 3.02. The molecule has 0 bridgehead atoms. The molecule has 9 heteroatoms. The minimum absolute atomic E-state index is 0.155. The standard InChI is InChI=1S/C20H23FN4O4/c1-13-3-4-15(12-22-13)23-19(26)24-16-9-14(21)10-18(11-16)29-17-5-7-25(8-6-17)20(27)28-2/h3-4,9-12,17H,5-8H2,1-2H3,(H2,23,24,26). The van der Waals surface area contributed by atoms with Crippen LogP contribution in [0.2, 0.25) is 0 Å². The van der Waals surface area contributed by atoms with Crippen molar-refractivity contribution in [1.82, 2.24) is 9.88 Å². The molecule has 1 aromatic heterocycles. The molecule has 1 aliphatic rings. The molecule has 3 rings (SSSR count). The highest BCUT2D eigenvalue weighted by atomic mass is 19.1. The number of aryl methyl sites for hydroxylation is 1. The van der Waals surface area contributed by atoms with Crippen LogP contribution < -0.4 is 15.4 Å². The number of piperidine rings is 1. The molecule has 2 heterocycles. The fourth-order valence-electron chi connectivity index (χ4n) is 3.02. The van der Waals surface area contributed by atoms with Gasteiger partial charge in [-0.15, -0.1) is 0 Å². The molecule has 0 radical (unpaired) electrons. The number of methoxy groups -OCH3 is 1. The number of benzene rings is 1. The first-order valence-electron chi connectivity index (χ1n) is 9.24. The van der Waals surface area contributed by atoms with Crippen LogP contribution in [0.5, 0.6) is 5.75 Å². The zero-order chi connectivity index (χ0) is 20.8. The largest absolute Gasteiger partial charge is 0.490 e. The zero-order valence-corrected chi connectivity index (χ0v) is 16.3. The first-order chi connectivity index (χ1) is 13.9. The zero-order valence-electron chi connectivity index (χ0n) is 16.3. The van der Waals surface area contributed by atoms with E-state index in [9.17, 15) is 14.0 Å². The maximum absolute atomic E-state index is 14.0. The van der Waals surface area contributed by atoms with E-state index in [2.05, 4.69) is 15.6 Å². The normalized spacial score (nSPS) is 14.2. The molecule has 154 valence electrons. The third-order valence-electron chi connectivity index (χ3n) is 4.48. The van der Waals surface area contributed by atoms with Gasteiger partial charge in [-0.25, -0.2) is 14.0 Å². The van der Waals surface area contributed by atoms with Crippen LogP contribution in [0, 0.1) is 12.7 Å². The van der Waals surface area contributed by atoms with Crippen molar-refractivity contribution in [2.45, 2.75) is 25.9 Å². The smallest absolute Gasteiger partial charge is 0.409 e. The molecule has 29 heavy (non-hydrogen) atoms. The van der Waals surface area contributed by atoms with Crippen LogP contribution in [-0.2, 0) is 4.74 Å². The van der Waals surface area contributed by atoms with Gasteiger partial charge >= 0.3 is 12.1 Å². The summed E-state index contributed by atoms with van der Waals surface area (Å²) >= 11 is 0. The number of aromatic nitrogens is 1. The van der Waals surface area contributed by atoms with E-state index in [0.717, 1.165) is 5.69 Å². The highest BCUT2D eigenvalue weighted by Gasteiger charge is 2.24. The summed E-state index contributed by atoms with van der Waals surface area (Å²) in [5.74, 6) is -0.212. The average Bonchev–Trinajstić information content (AvgIpc) is 2.69. The van der Waals surface area contributed by atoms with E-state index in [1.54, 1.807) is 23.1 Å². The molecule has 1 aromatic carbocycles. The topological polar surface area (TPSA) is 92.8 Å². The van der Waals surface area contributed by atoms with Gasteiger partial charge in [0.2, 0.25) is 0 Å². The molecule has 8 nitrogen and oxygen atoms in total. The number of hydrogen-bond acceptors (Lipinski definition) is 5. The predicted molar refractivity (Wildman–Crippen MR) is 106 cm³/mol. The second-order valence-corrected chi connectivity index (χ2v) is 6.72. The monoisotopic (exact) mass is 402 g/mol. The van der Waals surface area contributed by atoms with Crippen molar-refractivity contribution in [1.29, 1.82) is 0 Å². The van der Waals surface area contributed by atoms with E-state index < -0.39 is 11.8 Å². The van der Waals surface area contributed by atoms with Crippen molar-refractivity contribution < 1.29 is 23.5 Å². The van der Waals surface area contributed by atoms with Gasteiger partial charge in [-0.2, -0.15) is 0 Å². The highest BCUT2D eigenvalue weighted by Crippen LogP contribution is 2.24. The first kappa shape index (κ1) is 20.4. The Morgan fingerprint density at radius 3 is 2.52 bits per heavy atom. The van der Waals surface area contributed by atoms with E-state index in [4.69, 9.17) is 9.47 Å². The molecule has 3 amide bonds. The molecule has 0 saturated carbocycles. The van der Waals surface area contributed by atoms with Crippen LogP contribution >= 0.6 is 0 Å². The summed E-state index contributed by atoms with van der Waals surface area (Å²) in [6.07, 6.45) is 2.23. The van der Waals surface area contributed by atoms with Crippen LogP contribution in [0.15, 0.2) is 36.5 Å². The number of amides is 3. The Bertz CT molecular complexity index is 867. The minimum Gasteiger partial charge on any atom is -0.490 e. The lowest BCUT2D eigenvalue weighted by Gasteiger charge is -2.31. The summed E-state index contributed by atoms with van der Waals surface area (Å²) in [6.45, 7) is 2.85. The number of nitrogens with zero attached hydrogens (tertiary/aromatic N) is 2. The number of carbonyl (C=O) groups excluding carboxylic acids is 2. The number of halogens is 1. The molecule has 0 atom stereocenters. The van der Waals surface area contributed by atoms with Crippen molar-refractivity contribution in [2.75, 3.05) is 30.8 Å².